The van der Waals surface area contributed by atoms with Gasteiger partial charge in [0.1, 0.15) is 11.6 Å². The minimum Gasteiger partial charge on any atom is -0.476 e. The number of carboxylic acids is 1. The standard InChI is InChI=1S/C16H16ClFN2O3/c1-9-11(15(16(21)22)19-23-9)7-20(10-5-6-10)8-12-13(17)3-2-4-14(12)18/h2-4,10H,5-8H2,1H3,(H,21,22). The maximum Gasteiger partial charge on any atom is 0.358 e. The van der Waals surface area contributed by atoms with Crippen molar-refractivity contribution in [2.75, 3.05) is 0 Å². The molecule has 1 aromatic heterocycles. The molecule has 0 amide bonds. The Balaban J connectivity index is 1.86. The van der Waals surface area contributed by atoms with Crippen molar-refractivity contribution < 1.29 is 18.8 Å². The third-order valence-corrected chi connectivity index (χ3v) is 4.39. The molecule has 0 atom stereocenters. The summed E-state index contributed by atoms with van der Waals surface area (Å²) in [5.74, 6) is -1.02. The molecular weight excluding hydrogens is 323 g/mol. The molecule has 0 radical (unpaired) electrons. The zero-order chi connectivity index (χ0) is 16.6. The van der Waals surface area contributed by atoms with Crippen LogP contribution in [0.15, 0.2) is 22.7 Å². The number of rotatable bonds is 6. The summed E-state index contributed by atoms with van der Waals surface area (Å²) in [6, 6.07) is 4.88. The van der Waals surface area contributed by atoms with Crippen molar-refractivity contribution in [2.45, 2.75) is 38.9 Å². The van der Waals surface area contributed by atoms with Crippen molar-refractivity contribution in [2.24, 2.45) is 0 Å². The summed E-state index contributed by atoms with van der Waals surface area (Å²) in [7, 11) is 0. The maximum absolute atomic E-state index is 14.0. The van der Waals surface area contributed by atoms with Gasteiger partial charge in [-0.2, -0.15) is 0 Å². The first-order chi connectivity index (χ1) is 11.0. The summed E-state index contributed by atoms with van der Waals surface area (Å²) in [5.41, 5.74) is 0.858. The molecule has 1 N–H and O–H groups in total. The highest BCUT2D eigenvalue weighted by Gasteiger charge is 2.32. The summed E-state index contributed by atoms with van der Waals surface area (Å²) >= 11 is 6.10. The van der Waals surface area contributed by atoms with Crippen LogP contribution in [-0.4, -0.2) is 27.2 Å². The number of hydrogen-bond donors (Lipinski definition) is 1. The van der Waals surface area contributed by atoms with Crippen molar-refractivity contribution in [1.82, 2.24) is 10.1 Å². The largest absolute Gasteiger partial charge is 0.476 e. The molecule has 5 nitrogen and oxygen atoms in total. The van der Waals surface area contributed by atoms with E-state index in [0.717, 1.165) is 12.8 Å². The first-order valence-electron chi connectivity index (χ1n) is 7.32. The lowest BCUT2D eigenvalue weighted by Crippen LogP contribution is -2.26. The molecule has 2 aromatic rings. The first kappa shape index (κ1) is 16.0. The van der Waals surface area contributed by atoms with Gasteiger partial charge in [-0.1, -0.05) is 22.8 Å². The molecule has 0 bridgehead atoms. The van der Waals surface area contributed by atoms with Crippen molar-refractivity contribution in [3.05, 3.63) is 51.6 Å². The third-order valence-electron chi connectivity index (χ3n) is 4.03. The van der Waals surface area contributed by atoms with Crippen molar-refractivity contribution in [1.29, 1.82) is 0 Å². The number of aromatic carboxylic acids is 1. The predicted molar refractivity (Wildman–Crippen MR) is 81.9 cm³/mol. The number of halogens is 2. The highest BCUT2D eigenvalue weighted by Crippen LogP contribution is 2.33. The fraction of sp³-hybridized carbons (Fsp3) is 0.375. The Bertz CT molecular complexity index is 723. The van der Waals surface area contributed by atoms with E-state index in [0.29, 0.717) is 41.0 Å². The van der Waals surface area contributed by atoms with Gasteiger partial charge in [-0.25, -0.2) is 9.18 Å². The van der Waals surface area contributed by atoms with E-state index in [4.69, 9.17) is 16.1 Å². The molecule has 0 spiro atoms. The summed E-state index contributed by atoms with van der Waals surface area (Å²) in [4.78, 5) is 13.3. The summed E-state index contributed by atoms with van der Waals surface area (Å²) in [6.45, 7) is 2.34. The topological polar surface area (TPSA) is 66.6 Å². The Morgan fingerprint density at radius 2 is 2.13 bits per heavy atom. The van der Waals surface area contributed by atoms with Crippen molar-refractivity contribution in [3.8, 4) is 0 Å². The predicted octanol–water partition coefficient (Wildman–Crippen LogP) is 3.64. The van der Waals surface area contributed by atoms with Crippen LogP contribution in [-0.2, 0) is 13.1 Å². The molecule has 1 heterocycles. The van der Waals surface area contributed by atoms with Crippen LogP contribution in [0.2, 0.25) is 5.02 Å². The second-order valence-corrected chi connectivity index (χ2v) is 6.11. The van der Waals surface area contributed by atoms with Gasteiger partial charge in [0, 0.05) is 35.3 Å². The fourth-order valence-electron chi connectivity index (χ4n) is 2.59. The molecule has 0 aliphatic heterocycles. The Morgan fingerprint density at radius 3 is 2.74 bits per heavy atom. The smallest absolute Gasteiger partial charge is 0.358 e. The molecule has 1 fully saturated rings. The SMILES string of the molecule is Cc1onc(C(=O)O)c1CN(Cc1c(F)cccc1Cl)C1CC1. The Morgan fingerprint density at radius 1 is 1.43 bits per heavy atom. The summed E-state index contributed by atoms with van der Waals surface area (Å²) in [5, 5.41) is 13.2. The normalized spacial score (nSPS) is 14.4. The Kier molecular flexibility index (Phi) is 4.37. The molecule has 0 saturated heterocycles. The molecule has 1 saturated carbocycles. The van der Waals surface area contributed by atoms with Gasteiger partial charge in [-0.3, -0.25) is 4.90 Å². The van der Waals surface area contributed by atoms with E-state index in [1.54, 1.807) is 19.1 Å². The van der Waals surface area contributed by atoms with Gasteiger partial charge in [-0.15, -0.1) is 0 Å². The third kappa shape index (κ3) is 3.38. The second kappa shape index (κ2) is 6.29. The number of benzene rings is 1. The maximum atomic E-state index is 14.0. The lowest BCUT2D eigenvalue weighted by atomic mass is 10.1. The fourth-order valence-corrected chi connectivity index (χ4v) is 2.81. The Hall–Kier alpha value is -1.92. The van der Waals surface area contributed by atoms with Crippen LogP contribution in [0.3, 0.4) is 0 Å². The van der Waals surface area contributed by atoms with E-state index in [2.05, 4.69) is 5.16 Å². The number of hydrogen-bond acceptors (Lipinski definition) is 4. The van der Waals surface area contributed by atoms with E-state index < -0.39 is 5.97 Å². The zero-order valence-electron chi connectivity index (χ0n) is 12.6. The molecule has 0 unspecified atom stereocenters. The second-order valence-electron chi connectivity index (χ2n) is 5.71. The molecule has 1 aliphatic rings. The molecule has 3 rings (SSSR count). The van der Waals surface area contributed by atoms with E-state index >= 15 is 0 Å². The minimum atomic E-state index is -1.13. The molecule has 1 aliphatic carbocycles. The molecule has 122 valence electrons. The van der Waals surface area contributed by atoms with Crippen LogP contribution in [0.5, 0.6) is 0 Å². The quantitative estimate of drug-likeness (QED) is 0.871. The van der Waals surface area contributed by atoms with Crippen molar-refractivity contribution in [3.63, 3.8) is 0 Å². The number of carboxylic acid groups (broad SMARTS) is 1. The van der Waals surface area contributed by atoms with Crippen LogP contribution < -0.4 is 0 Å². The van der Waals surface area contributed by atoms with Crippen LogP contribution in [0.4, 0.5) is 4.39 Å². The first-order valence-corrected chi connectivity index (χ1v) is 7.70. The average Bonchev–Trinajstić information content (AvgIpc) is 3.27. The molecule has 1 aromatic carbocycles. The van der Waals surface area contributed by atoms with E-state index in [9.17, 15) is 14.3 Å². The van der Waals surface area contributed by atoms with E-state index in [-0.39, 0.29) is 11.5 Å². The van der Waals surface area contributed by atoms with E-state index in [1.165, 1.54) is 6.07 Å². The van der Waals surface area contributed by atoms with Gasteiger partial charge in [0.15, 0.2) is 5.69 Å². The van der Waals surface area contributed by atoms with Gasteiger partial charge in [0.05, 0.1) is 0 Å². The van der Waals surface area contributed by atoms with Gasteiger partial charge >= 0.3 is 5.97 Å². The zero-order valence-corrected chi connectivity index (χ0v) is 13.3. The lowest BCUT2D eigenvalue weighted by molar-refractivity contribution is 0.0683. The van der Waals surface area contributed by atoms with Crippen LogP contribution in [0.25, 0.3) is 0 Å². The van der Waals surface area contributed by atoms with Gasteiger partial charge in [0.2, 0.25) is 0 Å². The average molecular weight is 339 g/mol. The number of carbonyl (C=O) groups is 1. The molecule has 7 heteroatoms. The number of nitrogens with zero attached hydrogens (tertiary/aromatic N) is 2. The van der Waals surface area contributed by atoms with Gasteiger partial charge < -0.3 is 9.63 Å². The summed E-state index contributed by atoms with van der Waals surface area (Å²) < 4.78 is 19.0. The van der Waals surface area contributed by atoms with Crippen LogP contribution >= 0.6 is 11.6 Å². The summed E-state index contributed by atoms with van der Waals surface area (Å²) in [6.07, 6.45) is 2.00. The minimum absolute atomic E-state index is 0.0900. The van der Waals surface area contributed by atoms with Gasteiger partial charge in [-0.05, 0) is 31.9 Å². The van der Waals surface area contributed by atoms with Crippen LogP contribution in [0, 0.1) is 12.7 Å². The van der Waals surface area contributed by atoms with E-state index in [1.807, 2.05) is 4.90 Å². The number of aryl methyl sites for hydroxylation is 1. The highest BCUT2D eigenvalue weighted by atomic mass is 35.5. The Labute approximate surface area is 137 Å². The number of aromatic nitrogens is 1. The van der Waals surface area contributed by atoms with Crippen LogP contribution in [0.1, 0.15) is 40.2 Å². The van der Waals surface area contributed by atoms with Crippen molar-refractivity contribution >= 4 is 17.6 Å². The molecule has 23 heavy (non-hydrogen) atoms. The highest BCUT2D eigenvalue weighted by molar-refractivity contribution is 6.31. The molecular formula is C16H16ClFN2O3. The lowest BCUT2D eigenvalue weighted by Gasteiger charge is -2.22. The monoisotopic (exact) mass is 338 g/mol. The van der Waals surface area contributed by atoms with Gasteiger partial charge in [0.25, 0.3) is 0 Å².